The van der Waals surface area contributed by atoms with Gasteiger partial charge in [-0.15, -0.1) is 0 Å². The van der Waals surface area contributed by atoms with E-state index in [1.54, 1.807) is 0 Å². The summed E-state index contributed by atoms with van der Waals surface area (Å²) in [6, 6.07) is 0.371. The van der Waals surface area contributed by atoms with Crippen LogP contribution in [0.1, 0.15) is 27.2 Å². The lowest BCUT2D eigenvalue weighted by Crippen LogP contribution is -2.31. The average Bonchev–Trinajstić information content (AvgIpc) is 2.08. The van der Waals surface area contributed by atoms with Crippen LogP contribution in [0.3, 0.4) is 0 Å². The van der Waals surface area contributed by atoms with Gasteiger partial charge in [0.1, 0.15) is 0 Å². The summed E-state index contributed by atoms with van der Waals surface area (Å²) in [5.41, 5.74) is 5.82. The van der Waals surface area contributed by atoms with Crippen LogP contribution in [-0.2, 0) is 4.74 Å². The lowest BCUT2D eigenvalue weighted by atomic mass is 9.98. The Bertz CT molecular complexity index is 189. The quantitative estimate of drug-likeness (QED) is 0.521. The standard InChI is InChI=1S/C10H20N2O/c1-7(2)10(11)12-9-4-5-13-6-8(9)3/h7-9H,4-6H2,1-3H3,(H2,11,12). The maximum atomic E-state index is 5.82. The third kappa shape index (κ3) is 2.99. The minimum absolute atomic E-state index is 0.357. The van der Waals surface area contributed by atoms with Crippen LogP contribution in [-0.4, -0.2) is 25.1 Å². The van der Waals surface area contributed by atoms with E-state index in [1.807, 2.05) is 0 Å². The van der Waals surface area contributed by atoms with Crippen molar-refractivity contribution in [2.24, 2.45) is 22.6 Å². The molecule has 1 aliphatic heterocycles. The molecule has 0 amide bonds. The van der Waals surface area contributed by atoms with Crippen molar-refractivity contribution >= 4 is 5.84 Å². The highest BCUT2D eigenvalue weighted by molar-refractivity contribution is 5.82. The van der Waals surface area contributed by atoms with E-state index in [4.69, 9.17) is 10.5 Å². The fourth-order valence-electron chi connectivity index (χ4n) is 1.40. The third-order valence-corrected chi connectivity index (χ3v) is 2.50. The van der Waals surface area contributed by atoms with Crippen LogP contribution in [0.25, 0.3) is 0 Å². The number of hydrogen-bond donors (Lipinski definition) is 1. The van der Waals surface area contributed by atoms with Crippen molar-refractivity contribution in [3.8, 4) is 0 Å². The number of nitrogens with zero attached hydrogens (tertiary/aromatic N) is 1. The zero-order chi connectivity index (χ0) is 9.84. The summed E-state index contributed by atoms with van der Waals surface area (Å²) in [4.78, 5) is 4.53. The Morgan fingerprint density at radius 2 is 2.23 bits per heavy atom. The molecule has 2 unspecified atom stereocenters. The van der Waals surface area contributed by atoms with Gasteiger partial charge in [-0.3, -0.25) is 4.99 Å². The number of amidine groups is 1. The van der Waals surface area contributed by atoms with Crippen LogP contribution in [0.2, 0.25) is 0 Å². The van der Waals surface area contributed by atoms with Crippen molar-refractivity contribution in [1.82, 2.24) is 0 Å². The van der Waals surface area contributed by atoms with Crippen LogP contribution in [0.4, 0.5) is 0 Å². The van der Waals surface area contributed by atoms with Gasteiger partial charge in [0.05, 0.1) is 18.5 Å². The van der Waals surface area contributed by atoms with E-state index >= 15 is 0 Å². The summed E-state index contributed by atoms with van der Waals surface area (Å²) in [7, 11) is 0. The summed E-state index contributed by atoms with van der Waals surface area (Å²) in [6.07, 6.45) is 1.01. The molecule has 76 valence electrons. The number of nitrogens with two attached hydrogens (primary N) is 1. The largest absolute Gasteiger partial charge is 0.387 e. The second-order valence-corrected chi connectivity index (χ2v) is 4.12. The second kappa shape index (κ2) is 4.61. The minimum atomic E-state index is 0.357. The Morgan fingerprint density at radius 1 is 1.54 bits per heavy atom. The van der Waals surface area contributed by atoms with Crippen molar-refractivity contribution in [3.05, 3.63) is 0 Å². The van der Waals surface area contributed by atoms with Crippen LogP contribution in [0.5, 0.6) is 0 Å². The number of ether oxygens (including phenoxy) is 1. The van der Waals surface area contributed by atoms with Gasteiger partial charge in [-0.1, -0.05) is 20.8 Å². The van der Waals surface area contributed by atoms with Crippen LogP contribution < -0.4 is 5.73 Å². The third-order valence-electron chi connectivity index (χ3n) is 2.50. The number of rotatable bonds is 2. The topological polar surface area (TPSA) is 47.6 Å². The first-order chi connectivity index (χ1) is 6.11. The Balaban J connectivity index is 2.55. The molecule has 2 atom stereocenters. The first-order valence-corrected chi connectivity index (χ1v) is 5.02. The summed E-state index contributed by atoms with van der Waals surface area (Å²) in [5, 5.41) is 0. The van der Waals surface area contributed by atoms with Crippen molar-refractivity contribution in [2.75, 3.05) is 13.2 Å². The SMILES string of the molecule is CC(C)C(N)=NC1CCOCC1C. The lowest BCUT2D eigenvalue weighted by molar-refractivity contribution is 0.0495. The predicted octanol–water partition coefficient (Wildman–Crippen LogP) is 1.42. The van der Waals surface area contributed by atoms with Crippen LogP contribution >= 0.6 is 0 Å². The Morgan fingerprint density at radius 3 is 2.77 bits per heavy atom. The molecule has 2 N–H and O–H groups in total. The normalized spacial score (nSPS) is 30.9. The molecule has 0 radical (unpaired) electrons. The van der Waals surface area contributed by atoms with Crippen molar-refractivity contribution in [1.29, 1.82) is 0 Å². The molecule has 3 heteroatoms. The molecule has 0 saturated carbocycles. The van der Waals surface area contributed by atoms with Gasteiger partial charge in [-0.25, -0.2) is 0 Å². The molecule has 0 spiro atoms. The van der Waals surface area contributed by atoms with Gasteiger partial charge in [0, 0.05) is 18.4 Å². The summed E-state index contributed by atoms with van der Waals surface area (Å²) in [5.74, 6) is 1.64. The second-order valence-electron chi connectivity index (χ2n) is 4.12. The van der Waals surface area contributed by atoms with Crippen molar-refractivity contribution in [3.63, 3.8) is 0 Å². The molecule has 0 aromatic rings. The van der Waals surface area contributed by atoms with Gasteiger partial charge in [0.25, 0.3) is 0 Å². The van der Waals surface area contributed by atoms with E-state index < -0.39 is 0 Å². The van der Waals surface area contributed by atoms with Gasteiger partial charge in [0.15, 0.2) is 0 Å². The van der Waals surface area contributed by atoms with Gasteiger partial charge in [-0.05, 0) is 6.42 Å². The van der Waals surface area contributed by atoms with Crippen molar-refractivity contribution < 1.29 is 4.74 Å². The first-order valence-electron chi connectivity index (χ1n) is 5.02. The molecule has 0 bridgehead atoms. The first kappa shape index (κ1) is 10.5. The smallest absolute Gasteiger partial charge is 0.0966 e. The summed E-state index contributed by atoms with van der Waals surface area (Å²) < 4.78 is 5.34. The number of hydrogen-bond acceptors (Lipinski definition) is 2. The van der Waals surface area contributed by atoms with Crippen LogP contribution in [0.15, 0.2) is 4.99 Å². The molecule has 3 nitrogen and oxygen atoms in total. The highest BCUT2D eigenvalue weighted by Crippen LogP contribution is 2.17. The summed E-state index contributed by atoms with van der Waals surface area (Å²) in [6.45, 7) is 7.95. The average molecular weight is 184 g/mol. The molecule has 1 heterocycles. The van der Waals surface area contributed by atoms with Gasteiger partial charge in [0.2, 0.25) is 0 Å². The molecule has 1 rings (SSSR count). The molecule has 0 aliphatic carbocycles. The van der Waals surface area contributed by atoms with E-state index in [2.05, 4.69) is 25.8 Å². The molecule has 0 aromatic heterocycles. The molecule has 1 fully saturated rings. The van der Waals surface area contributed by atoms with E-state index in [1.165, 1.54) is 0 Å². The Hall–Kier alpha value is -0.570. The molecular formula is C10H20N2O. The molecule has 1 aliphatic rings. The van der Waals surface area contributed by atoms with E-state index in [9.17, 15) is 0 Å². The molecule has 13 heavy (non-hydrogen) atoms. The monoisotopic (exact) mass is 184 g/mol. The molecule has 0 aromatic carbocycles. The fourth-order valence-corrected chi connectivity index (χ4v) is 1.40. The van der Waals surface area contributed by atoms with Gasteiger partial charge < -0.3 is 10.5 Å². The molecule has 1 saturated heterocycles. The Kier molecular flexibility index (Phi) is 3.72. The van der Waals surface area contributed by atoms with Gasteiger partial charge >= 0.3 is 0 Å². The Labute approximate surface area is 80.4 Å². The van der Waals surface area contributed by atoms with E-state index in [-0.39, 0.29) is 0 Å². The maximum Gasteiger partial charge on any atom is 0.0966 e. The zero-order valence-electron chi connectivity index (χ0n) is 8.79. The van der Waals surface area contributed by atoms with E-state index in [0.717, 1.165) is 25.5 Å². The fraction of sp³-hybridized carbons (Fsp3) is 0.900. The van der Waals surface area contributed by atoms with E-state index in [0.29, 0.717) is 17.9 Å². The highest BCUT2D eigenvalue weighted by atomic mass is 16.5. The maximum absolute atomic E-state index is 5.82. The van der Waals surface area contributed by atoms with Crippen LogP contribution in [0, 0.1) is 11.8 Å². The number of aliphatic imine (C=N–C) groups is 1. The molecular weight excluding hydrogens is 164 g/mol. The van der Waals surface area contributed by atoms with Gasteiger partial charge in [-0.2, -0.15) is 0 Å². The predicted molar refractivity (Wildman–Crippen MR) is 54.8 cm³/mol. The minimum Gasteiger partial charge on any atom is -0.387 e. The zero-order valence-corrected chi connectivity index (χ0v) is 8.79. The summed E-state index contributed by atoms with van der Waals surface area (Å²) >= 11 is 0. The highest BCUT2D eigenvalue weighted by Gasteiger charge is 2.21. The van der Waals surface area contributed by atoms with Crippen molar-refractivity contribution in [2.45, 2.75) is 33.2 Å². The lowest BCUT2D eigenvalue weighted by Gasteiger charge is -2.26.